The summed E-state index contributed by atoms with van der Waals surface area (Å²) < 4.78 is 0. The van der Waals surface area contributed by atoms with Crippen LogP contribution in [0, 0.1) is 0 Å². The number of aromatic nitrogens is 2. The molecule has 4 nitrogen and oxygen atoms in total. The first-order chi connectivity index (χ1) is 4.86. The Balaban J connectivity index is 3.00. The van der Waals surface area contributed by atoms with Crippen LogP contribution in [0.25, 0.3) is 0 Å². The van der Waals surface area contributed by atoms with Crippen molar-refractivity contribution in [2.45, 2.75) is 0 Å². The molecule has 2 radical (unpaired) electrons. The van der Waals surface area contributed by atoms with Crippen LogP contribution in [0.2, 0.25) is 0 Å². The lowest BCUT2D eigenvalue weighted by Gasteiger charge is -1.85. The van der Waals surface area contributed by atoms with Crippen LogP contribution < -0.4 is 0 Å². The normalized spacial score (nSPS) is 8.80. The van der Waals surface area contributed by atoms with Crippen molar-refractivity contribution in [2.75, 3.05) is 0 Å². The zero-order valence-electron chi connectivity index (χ0n) is 4.87. The van der Waals surface area contributed by atoms with Crippen molar-refractivity contribution in [3.8, 4) is 0 Å². The quantitative estimate of drug-likeness (QED) is 0.541. The summed E-state index contributed by atoms with van der Waals surface area (Å²) in [5.41, 5.74) is 0.165. The Hall–Kier alpha value is -1.58. The van der Waals surface area contributed by atoms with E-state index < -0.39 is 0 Å². The van der Waals surface area contributed by atoms with Crippen molar-refractivity contribution in [3.63, 3.8) is 0 Å². The molecule has 0 saturated heterocycles. The first kappa shape index (κ1) is 6.54. The zero-order valence-corrected chi connectivity index (χ0v) is 4.87. The molecule has 1 aromatic rings. The van der Waals surface area contributed by atoms with Crippen molar-refractivity contribution < 1.29 is 9.59 Å². The number of hydrogen-bond acceptors (Lipinski definition) is 4. The molecule has 0 aromatic carbocycles. The molecule has 0 unspecified atom stereocenters. The van der Waals surface area contributed by atoms with Crippen molar-refractivity contribution in [1.82, 2.24) is 9.97 Å². The van der Waals surface area contributed by atoms with Crippen LogP contribution >= 0.6 is 0 Å². The maximum atomic E-state index is 9.88. The summed E-state index contributed by atoms with van der Waals surface area (Å²) in [6, 6.07) is 0. The Kier molecular flexibility index (Phi) is 1.84. The lowest BCUT2D eigenvalue weighted by atomic mass is 10.4. The smallest absolute Gasteiger partial charge is 0.255 e. The Morgan fingerprint density at radius 2 is 1.40 bits per heavy atom. The summed E-state index contributed by atoms with van der Waals surface area (Å²) in [5, 5.41) is 0. The summed E-state index contributed by atoms with van der Waals surface area (Å²) in [7, 11) is 0. The van der Waals surface area contributed by atoms with Crippen LogP contribution in [0.5, 0.6) is 0 Å². The largest absolute Gasteiger partial charge is 0.283 e. The molecule has 1 rings (SSSR count). The van der Waals surface area contributed by atoms with Gasteiger partial charge in [0.15, 0.2) is 0 Å². The molecule has 0 N–H and O–H groups in total. The molecule has 0 saturated carbocycles. The molecule has 0 fully saturated rings. The first-order valence-corrected chi connectivity index (χ1v) is 2.45. The Bertz CT molecular complexity index is 215. The summed E-state index contributed by atoms with van der Waals surface area (Å²) in [6.45, 7) is 0. The average Bonchev–Trinajstić information content (AvgIpc) is 2.05. The fourth-order valence-electron chi connectivity index (χ4n) is 0.433. The second-order valence-electron chi connectivity index (χ2n) is 1.49. The van der Waals surface area contributed by atoms with Gasteiger partial charge in [-0.05, 0) is 0 Å². The molecule has 10 heavy (non-hydrogen) atoms. The average molecular weight is 134 g/mol. The van der Waals surface area contributed by atoms with Crippen molar-refractivity contribution in [2.24, 2.45) is 0 Å². The number of rotatable bonds is 2. The Morgan fingerprint density at radius 3 is 1.60 bits per heavy atom. The van der Waals surface area contributed by atoms with Gasteiger partial charge in [-0.2, -0.15) is 0 Å². The van der Waals surface area contributed by atoms with E-state index in [1.807, 2.05) is 0 Å². The predicted octanol–water partition coefficient (Wildman–Crippen LogP) is -0.608. The van der Waals surface area contributed by atoms with Crippen molar-refractivity contribution in [1.29, 1.82) is 0 Å². The van der Waals surface area contributed by atoms with Gasteiger partial charge in [-0.3, -0.25) is 9.59 Å². The van der Waals surface area contributed by atoms with E-state index in [0.29, 0.717) is 0 Å². The lowest BCUT2D eigenvalue weighted by molar-refractivity contribution is 0.559. The highest BCUT2D eigenvalue weighted by Gasteiger charge is 1.94. The third kappa shape index (κ3) is 1.22. The molecule has 1 aromatic heterocycles. The highest BCUT2D eigenvalue weighted by atomic mass is 16.1. The van der Waals surface area contributed by atoms with Gasteiger partial charge >= 0.3 is 0 Å². The van der Waals surface area contributed by atoms with E-state index in [1.165, 1.54) is 12.6 Å². The van der Waals surface area contributed by atoms with E-state index in [0.717, 1.165) is 12.4 Å². The number of carbonyl (C=O) groups excluding carboxylic acids is 2. The van der Waals surface area contributed by atoms with Gasteiger partial charge in [0.25, 0.3) is 12.6 Å². The molecule has 1 heterocycles. The Morgan fingerprint density at radius 1 is 1.00 bits per heavy atom. The van der Waals surface area contributed by atoms with Gasteiger partial charge in [0, 0.05) is 0 Å². The van der Waals surface area contributed by atoms with Gasteiger partial charge in [0.1, 0.15) is 11.4 Å². The fraction of sp³-hybridized carbons (Fsp3) is 0. The molecular formula is C6H2N2O2. The minimum absolute atomic E-state index is 0.0824. The fourth-order valence-corrected chi connectivity index (χ4v) is 0.433. The van der Waals surface area contributed by atoms with Crippen LogP contribution in [0.4, 0.5) is 0 Å². The molecule has 0 bridgehead atoms. The third-order valence-electron chi connectivity index (χ3n) is 0.861. The van der Waals surface area contributed by atoms with Crippen molar-refractivity contribution in [3.05, 3.63) is 23.8 Å². The van der Waals surface area contributed by atoms with Gasteiger partial charge in [0.2, 0.25) is 0 Å². The lowest BCUT2D eigenvalue weighted by Crippen LogP contribution is -1.92. The zero-order chi connectivity index (χ0) is 7.40. The predicted molar refractivity (Wildman–Crippen MR) is 31.6 cm³/mol. The van der Waals surface area contributed by atoms with Crippen LogP contribution in [0.1, 0.15) is 11.4 Å². The SMILES string of the molecule is O=[C]c1cnc([C]=O)cn1. The van der Waals surface area contributed by atoms with Gasteiger partial charge in [-0.25, -0.2) is 9.97 Å². The van der Waals surface area contributed by atoms with Crippen LogP contribution in [-0.4, -0.2) is 22.5 Å². The second kappa shape index (κ2) is 2.82. The number of hydrogen-bond donors (Lipinski definition) is 0. The molecule has 0 aliphatic carbocycles. The molecule has 0 aliphatic heterocycles. The van der Waals surface area contributed by atoms with E-state index in [2.05, 4.69) is 9.97 Å². The number of nitrogens with zero attached hydrogens (tertiary/aromatic N) is 2. The van der Waals surface area contributed by atoms with Gasteiger partial charge in [-0.1, -0.05) is 0 Å². The van der Waals surface area contributed by atoms with Gasteiger partial charge < -0.3 is 0 Å². The first-order valence-electron chi connectivity index (χ1n) is 2.45. The molecule has 0 amide bonds. The van der Waals surface area contributed by atoms with E-state index in [-0.39, 0.29) is 11.4 Å². The van der Waals surface area contributed by atoms with Crippen LogP contribution in [0.3, 0.4) is 0 Å². The van der Waals surface area contributed by atoms with E-state index in [4.69, 9.17) is 0 Å². The van der Waals surface area contributed by atoms with Crippen molar-refractivity contribution >= 4 is 12.6 Å². The Labute approximate surface area is 56.9 Å². The summed E-state index contributed by atoms with van der Waals surface area (Å²) in [6.07, 6.45) is 5.37. The maximum Gasteiger partial charge on any atom is 0.255 e. The molecule has 0 aliphatic rings. The molecule has 4 heteroatoms. The van der Waals surface area contributed by atoms with Gasteiger partial charge in [-0.15, -0.1) is 0 Å². The molecule has 0 atom stereocenters. The highest BCUT2D eigenvalue weighted by molar-refractivity contribution is 5.74. The topological polar surface area (TPSA) is 59.9 Å². The van der Waals surface area contributed by atoms with E-state index >= 15 is 0 Å². The standard InChI is InChI=1S/C6H2N2O2/c9-3-5-1-7-6(4-10)2-8-5/h1-2H. The minimum atomic E-state index is 0.0824. The van der Waals surface area contributed by atoms with Crippen LogP contribution in [-0.2, 0) is 9.59 Å². The summed E-state index contributed by atoms with van der Waals surface area (Å²) >= 11 is 0. The molecular weight excluding hydrogens is 132 g/mol. The highest BCUT2D eigenvalue weighted by Crippen LogP contribution is 1.87. The molecule has 0 spiro atoms. The molecule has 48 valence electrons. The van der Waals surface area contributed by atoms with E-state index in [9.17, 15) is 9.59 Å². The summed E-state index contributed by atoms with van der Waals surface area (Å²) in [5.74, 6) is 0. The monoisotopic (exact) mass is 134 g/mol. The third-order valence-corrected chi connectivity index (χ3v) is 0.861. The van der Waals surface area contributed by atoms with Crippen LogP contribution in [0.15, 0.2) is 12.4 Å². The van der Waals surface area contributed by atoms with Gasteiger partial charge in [0.05, 0.1) is 12.4 Å². The second-order valence-corrected chi connectivity index (χ2v) is 1.49. The summed E-state index contributed by atoms with van der Waals surface area (Å²) in [4.78, 5) is 26.8. The van der Waals surface area contributed by atoms with E-state index in [1.54, 1.807) is 0 Å². The minimum Gasteiger partial charge on any atom is -0.283 e. The maximum absolute atomic E-state index is 9.88.